The van der Waals surface area contributed by atoms with Crippen molar-refractivity contribution >= 4 is 12.1 Å². The molecule has 1 amide bonds. The van der Waals surface area contributed by atoms with Crippen LogP contribution in [0.1, 0.15) is 31.7 Å². The summed E-state index contributed by atoms with van der Waals surface area (Å²) < 4.78 is 48.0. The Morgan fingerprint density at radius 3 is 2.43 bits per heavy atom. The van der Waals surface area contributed by atoms with Crippen molar-refractivity contribution in [3.8, 4) is 0 Å². The quantitative estimate of drug-likeness (QED) is 0.841. The van der Waals surface area contributed by atoms with Crippen molar-refractivity contribution < 1.29 is 32.6 Å². The molecule has 1 spiro atoms. The number of amides is 1. The van der Waals surface area contributed by atoms with Gasteiger partial charge in [0.05, 0.1) is 0 Å². The average molecular weight is 400 g/mol. The molecule has 3 rings (SSSR count). The van der Waals surface area contributed by atoms with E-state index in [4.69, 9.17) is 4.74 Å². The zero-order valence-corrected chi connectivity index (χ0v) is 15.6. The lowest BCUT2D eigenvalue weighted by Crippen LogP contribution is -2.68. The van der Waals surface area contributed by atoms with Crippen molar-refractivity contribution in [3.05, 3.63) is 35.9 Å². The molecule has 2 heterocycles. The van der Waals surface area contributed by atoms with Gasteiger partial charge in [0.15, 0.2) is 0 Å². The smallest absolute Gasteiger partial charge is 0.420 e. The highest BCUT2D eigenvalue weighted by Gasteiger charge is 2.73. The predicted molar refractivity (Wildman–Crippen MR) is 93.0 cm³/mol. The lowest BCUT2D eigenvalue weighted by atomic mass is 9.62. The lowest BCUT2D eigenvalue weighted by molar-refractivity contribution is -0.237. The molecule has 2 fully saturated rings. The molecule has 2 aliphatic heterocycles. The Hall–Kier alpha value is -2.29. The van der Waals surface area contributed by atoms with Gasteiger partial charge in [-0.05, 0) is 44.8 Å². The van der Waals surface area contributed by atoms with E-state index in [9.17, 15) is 14.1 Å². The molecule has 2 saturated heterocycles. The van der Waals surface area contributed by atoms with Gasteiger partial charge in [-0.25, -0.2) is 14.5 Å². The van der Waals surface area contributed by atoms with E-state index < -0.39 is 28.9 Å². The summed E-state index contributed by atoms with van der Waals surface area (Å²) >= 11 is 0. The molecule has 1 aromatic rings. The molecule has 0 aromatic heterocycles. The number of carbonyl (C=O) groups excluding carboxylic acids is 2. The molecule has 0 radical (unpaired) electrons. The maximum Gasteiger partial charge on any atom is 0.420 e. The summed E-state index contributed by atoms with van der Waals surface area (Å²) in [5.74, 6) is -6.53. The van der Waals surface area contributed by atoms with Gasteiger partial charge < -0.3 is 10.1 Å². The van der Waals surface area contributed by atoms with Crippen molar-refractivity contribution in [3.63, 3.8) is 0 Å². The van der Waals surface area contributed by atoms with Crippen LogP contribution in [0, 0.1) is 5.41 Å². The van der Waals surface area contributed by atoms with Gasteiger partial charge in [-0.3, -0.25) is 4.90 Å². The second kappa shape index (κ2) is 7.62. The van der Waals surface area contributed by atoms with Gasteiger partial charge >= 0.3 is 18.0 Å². The topological polar surface area (TPSA) is 67.9 Å². The maximum atomic E-state index is 15.1. The molecule has 28 heavy (non-hydrogen) atoms. The highest BCUT2D eigenvalue weighted by molar-refractivity contribution is 5.81. The number of piperidine rings is 1. The number of rotatable bonds is 4. The first kappa shape index (κ1) is 20.4. The number of alkyl halides is 2. The maximum absolute atomic E-state index is 15.1. The van der Waals surface area contributed by atoms with E-state index in [0.717, 1.165) is 11.8 Å². The number of ether oxygens (including phenoxy) is 1. The molecule has 1 unspecified atom stereocenters. The zero-order chi connectivity index (χ0) is 20.4. The largest absolute Gasteiger partial charge is 0.445 e. The van der Waals surface area contributed by atoms with E-state index in [-0.39, 0.29) is 19.6 Å². The molecular weight excluding hydrogens is 377 g/mol. The van der Waals surface area contributed by atoms with Crippen LogP contribution in [0.3, 0.4) is 0 Å². The van der Waals surface area contributed by atoms with Crippen LogP contribution in [0.4, 0.5) is 18.1 Å². The number of benzene rings is 1. The van der Waals surface area contributed by atoms with Crippen molar-refractivity contribution in [2.45, 2.75) is 44.3 Å². The third-order valence-electron chi connectivity index (χ3n) is 6.31. The van der Waals surface area contributed by atoms with Gasteiger partial charge in [0.25, 0.3) is 0 Å². The van der Waals surface area contributed by atoms with E-state index >= 15 is 8.78 Å². The van der Waals surface area contributed by atoms with Crippen LogP contribution in [0.2, 0.25) is 0 Å². The molecular formula is C19H23F3N2O4. The van der Waals surface area contributed by atoms with Crippen molar-refractivity contribution in [1.82, 2.24) is 10.2 Å². The third-order valence-corrected chi connectivity index (χ3v) is 6.31. The number of hydrogen-bond donors (Lipinski definition) is 1. The van der Waals surface area contributed by atoms with Crippen LogP contribution in [0.15, 0.2) is 30.3 Å². The zero-order valence-electron chi connectivity index (χ0n) is 15.6. The van der Waals surface area contributed by atoms with Gasteiger partial charge in [0, 0.05) is 16.5 Å². The minimum Gasteiger partial charge on any atom is -0.445 e. The summed E-state index contributed by atoms with van der Waals surface area (Å²) in [5.41, 5.74) is -2.62. The van der Waals surface area contributed by atoms with Gasteiger partial charge in [-0.15, -0.1) is 0 Å². The van der Waals surface area contributed by atoms with Crippen molar-refractivity contribution in [1.29, 1.82) is 0 Å². The summed E-state index contributed by atoms with van der Waals surface area (Å²) in [6.45, 7) is 1.94. The molecule has 0 aliphatic carbocycles. The predicted octanol–water partition coefficient (Wildman–Crippen LogP) is 3.22. The Labute approximate surface area is 160 Å². The molecule has 154 valence electrons. The molecule has 6 nitrogen and oxygen atoms in total. The van der Waals surface area contributed by atoms with Crippen molar-refractivity contribution in [2.75, 3.05) is 19.6 Å². The van der Waals surface area contributed by atoms with E-state index in [0.29, 0.717) is 31.5 Å². The number of likely N-dealkylation sites (tertiary alicyclic amines) is 1. The fourth-order valence-corrected chi connectivity index (χ4v) is 4.54. The van der Waals surface area contributed by atoms with Crippen LogP contribution < -0.4 is 5.32 Å². The van der Waals surface area contributed by atoms with E-state index in [1.165, 1.54) is 0 Å². The van der Waals surface area contributed by atoms with Crippen LogP contribution in [0.5, 0.6) is 0 Å². The van der Waals surface area contributed by atoms with Gasteiger partial charge in [-0.1, -0.05) is 30.3 Å². The second-order valence-corrected chi connectivity index (χ2v) is 7.48. The fraction of sp³-hybridized carbons (Fsp3) is 0.579. The van der Waals surface area contributed by atoms with E-state index in [1.807, 2.05) is 0 Å². The van der Waals surface area contributed by atoms with Gasteiger partial charge in [-0.2, -0.15) is 8.78 Å². The van der Waals surface area contributed by atoms with Crippen LogP contribution in [-0.4, -0.2) is 48.1 Å². The first-order chi connectivity index (χ1) is 13.3. The van der Waals surface area contributed by atoms with Gasteiger partial charge in [0.1, 0.15) is 12.1 Å². The highest BCUT2D eigenvalue weighted by Crippen LogP contribution is 2.58. The Kier molecular flexibility index (Phi) is 5.56. The summed E-state index contributed by atoms with van der Waals surface area (Å²) in [4.78, 5) is 28.2. The Bertz CT molecular complexity index is 725. The second-order valence-electron chi connectivity index (χ2n) is 7.48. The number of carbonyl (C=O) groups is 2. The first-order valence-electron chi connectivity index (χ1n) is 9.18. The van der Waals surface area contributed by atoms with Crippen LogP contribution in [0.25, 0.3) is 0 Å². The molecule has 1 atom stereocenters. The van der Waals surface area contributed by atoms with Gasteiger partial charge in [0.2, 0.25) is 0 Å². The summed E-state index contributed by atoms with van der Waals surface area (Å²) in [5, 5.41) is 3.09. The number of nitrogens with one attached hydrogen (secondary N) is 1. The van der Waals surface area contributed by atoms with Crippen LogP contribution in [-0.2, 0) is 21.1 Å². The summed E-state index contributed by atoms with van der Waals surface area (Å²) in [6.07, 6.45) is -0.0590. The Morgan fingerprint density at radius 2 is 1.82 bits per heavy atom. The third kappa shape index (κ3) is 3.11. The number of halogens is 3. The average Bonchev–Trinajstić information content (AvgIpc) is 3.00. The summed E-state index contributed by atoms with van der Waals surface area (Å²) in [7, 11) is 0. The minimum atomic E-state index is -4.23. The Morgan fingerprint density at radius 1 is 1.18 bits per heavy atom. The normalized spacial score (nSPS) is 24.2. The molecule has 2 aliphatic rings. The van der Waals surface area contributed by atoms with E-state index in [2.05, 4.69) is 10.3 Å². The summed E-state index contributed by atoms with van der Waals surface area (Å²) in [6, 6.07) is 8.80. The molecule has 1 N–H and O–H groups in total. The SMILES string of the molecule is CC1(C(F)(F)C(=O)OF)N(C(=O)OCc2ccccc2)CCC12CCNCC2. The number of nitrogens with zero attached hydrogens (tertiary/aromatic N) is 1. The van der Waals surface area contributed by atoms with Crippen LogP contribution >= 0.6 is 0 Å². The fourth-order valence-electron chi connectivity index (χ4n) is 4.54. The minimum absolute atomic E-state index is 0.0146. The van der Waals surface area contributed by atoms with Crippen molar-refractivity contribution in [2.24, 2.45) is 5.41 Å². The van der Waals surface area contributed by atoms with E-state index in [1.54, 1.807) is 30.3 Å². The molecule has 0 saturated carbocycles. The Balaban J connectivity index is 1.90. The molecule has 0 bridgehead atoms. The highest BCUT2D eigenvalue weighted by atomic mass is 19.3. The number of hydrogen-bond acceptors (Lipinski definition) is 5. The standard InChI is InChI=1S/C19H23F3N2O4/c1-17(19(20,21)15(25)28-22)18(7-10-23-11-8-18)9-12-24(17)16(26)27-13-14-5-3-2-4-6-14/h2-6,23H,7-13H2,1H3. The molecule has 9 heteroatoms. The lowest BCUT2D eigenvalue weighted by Gasteiger charge is -2.50. The molecule has 1 aromatic carbocycles. The monoisotopic (exact) mass is 400 g/mol. The first-order valence-corrected chi connectivity index (χ1v) is 9.18.